The van der Waals surface area contributed by atoms with Crippen molar-refractivity contribution in [1.82, 2.24) is 0 Å². The molecule has 10 nitrogen and oxygen atoms in total. The number of carbonyl (C=O) groups excluding carboxylic acids is 4. The van der Waals surface area contributed by atoms with Crippen LogP contribution in [0.2, 0.25) is 0 Å². The molecule has 0 aliphatic carbocycles. The highest BCUT2D eigenvalue weighted by molar-refractivity contribution is 5.92. The molecule has 0 bridgehead atoms. The van der Waals surface area contributed by atoms with E-state index in [9.17, 15) is 19.2 Å². The summed E-state index contributed by atoms with van der Waals surface area (Å²) in [6.07, 6.45) is 34.5. The zero-order chi connectivity index (χ0) is 55.2. The number of hydrogen-bond donors (Lipinski definition) is 0. The first-order chi connectivity index (χ1) is 36.8. The molecule has 0 atom stereocenters. The lowest BCUT2D eigenvalue weighted by atomic mass is 10.0. The van der Waals surface area contributed by atoms with Crippen LogP contribution in [-0.2, 0) is 19.1 Å². The van der Waals surface area contributed by atoms with Crippen molar-refractivity contribution in [2.24, 2.45) is 0 Å². The molecule has 0 fully saturated rings. The Balaban J connectivity index is 1.21. The van der Waals surface area contributed by atoms with Crippen LogP contribution in [0, 0.1) is 23.3 Å². The number of esters is 4. The summed E-state index contributed by atoms with van der Waals surface area (Å²) >= 11 is 0. The van der Waals surface area contributed by atoms with Gasteiger partial charge in [-0.05, 0) is 88.1 Å². The van der Waals surface area contributed by atoms with Gasteiger partial charge in [-0.2, -0.15) is 17.6 Å². The summed E-state index contributed by atoms with van der Waals surface area (Å²) in [5.74, 6) is -13.7. The van der Waals surface area contributed by atoms with Crippen molar-refractivity contribution in [3.8, 4) is 23.0 Å². The Hall–Kier alpha value is -5.66. The van der Waals surface area contributed by atoms with Gasteiger partial charge in [0, 0.05) is 11.1 Å². The molecule has 0 N–H and O–H groups in total. The van der Waals surface area contributed by atoms with Crippen molar-refractivity contribution >= 4 is 23.9 Å². The standard InChI is InChI=1S/C62H86F4O10/c1-47(2)59(67)73-45-33-29-25-21-17-13-9-5-7-11-15-19-23-27-31-43-71-51-39-35-49(36-40-51)61(69)75-57-53(63)55(65)58(56(66)54(57)64)76-62(70)50-37-41-52(42-38-50)72-44-32-28-24-20-16-12-8-6-10-14-18-22-26-30-34-46-74-60(68)48(3)4/h35-42H,1,3,5-34,43-46H2,2,4H3. The average molecular weight is 1070 g/mol. The van der Waals surface area contributed by atoms with Gasteiger partial charge in [0.15, 0.2) is 0 Å². The SMILES string of the molecule is C=C(C)C(=O)OCCCCCCCCCCCCCCCCCOc1ccc(C(=O)Oc2c(F)c(F)c(OC(=O)c3ccc(OCCCCCCCCCCCCCCCCCOC(=O)C(=C)C)cc3)c(F)c2F)cc1. The molecule has 0 aliphatic rings. The van der Waals surface area contributed by atoms with Gasteiger partial charge in [0.05, 0.1) is 37.6 Å². The lowest BCUT2D eigenvalue weighted by Crippen LogP contribution is -2.16. The van der Waals surface area contributed by atoms with Gasteiger partial charge in [-0.25, -0.2) is 19.2 Å². The summed E-state index contributed by atoms with van der Waals surface area (Å²) in [5, 5.41) is 0. The minimum absolute atomic E-state index is 0.149. The van der Waals surface area contributed by atoms with E-state index in [-0.39, 0.29) is 23.1 Å². The third-order valence-corrected chi connectivity index (χ3v) is 13.0. The van der Waals surface area contributed by atoms with Crippen molar-refractivity contribution < 1.29 is 65.2 Å². The minimum atomic E-state index is -2.05. The van der Waals surface area contributed by atoms with Gasteiger partial charge in [-0.15, -0.1) is 0 Å². The normalized spacial score (nSPS) is 11.0. The Labute approximate surface area is 450 Å². The second-order valence-corrected chi connectivity index (χ2v) is 19.9. The van der Waals surface area contributed by atoms with Crippen molar-refractivity contribution in [1.29, 1.82) is 0 Å². The van der Waals surface area contributed by atoms with Gasteiger partial charge >= 0.3 is 23.9 Å². The Bertz CT molecular complexity index is 1990. The number of ether oxygens (including phenoxy) is 6. The molecule has 0 saturated heterocycles. The van der Waals surface area contributed by atoms with Gasteiger partial charge < -0.3 is 28.4 Å². The molecular formula is C62H86F4O10. The highest BCUT2D eigenvalue weighted by Crippen LogP contribution is 2.36. The van der Waals surface area contributed by atoms with Crippen LogP contribution in [0.3, 0.4) is 0 Å². The fourth-order valence-electron chi connectivity index (χ4n) is 8.41. The van der Waals surface area contributed by atoms with Crippen LogP contribution in [0.1, 0.15) is 227 Å². The molecule has 0 aromatic heterocycles. The molecule has 0 spiro atoms. The Morgan fingerprint density at radius 1 is 0.342 bits per heavy atom. The summed E-state index contributed by atoms with van der Waals surface area (Å²) in [4.78, 5) is 48.3. The van der Waals surface area contributed by atoms with Crippen LogP contribution in [0.25, 0.3) is 0 Å². The van der Waals surface area contributed by atoms with E-state index in [1.807, 2.05) is 0 Å². The maximum atomic E-state index is 15.1. The number of unbranched alkanes of at least 4 members (excludes halogenated alkanes) is 28. The maximum absolute atomic E-state index is 15.1. The van der Waals surface area contributed by atoms with E-state index in [1.54, 1.807) is 13.8 Å². The average Bonchev–Trinajstić information content (AvgIpc) is 3.42. The lowest BCUT2D eigenvalue weighted by molar-refractivity contribution is -0.139. The predicted octanol–water partition coefficient (Wildman–Crippen LogP) is 17.4. The van der Waals surface area contributed by atoms with Crippen LogP contribution in [0.4, 0.5) is 17.6 Å². The minimum Gasteiger partial charge on any atom is -0.494 e. The summed E-state index contributed by atoms with van der Waals surface area (Å²) in [6, 6.07) is 11.1. The van der Waals surface area contributed by atoms with Crippen molar-refractivity contribution in [2.75, 3.05) is 26.4 Å². The Kier molecular flexibility index (Phi) is 33.7. The predicted molar refractivity (Wildman–Crippen MR) is 290 cm³/mol. The number of rotatable bonds is 44. The second-order valence-electron chi connectivity index (χ2n) is 19.9. The van der Waals surface area contributed by atoms with Gasteiger partial charge in [-0.1, -0.05) is 180 Å². The molecule has 0 unspecified atom stereocenters. The van der Waals surface area contributed by atoms with Gasteiger partial charge in [0.25, 0.3) is 0 Å². The van der Waals surface area contributed by atoms with Crippen molar-refractivity contribution in [3.05, 3.63) is 107 Å². The van der Waals surface area contributed by atoms with E-state index in [0.29, 0.717) is 49.1 Å². The second kappa shape index (κ2) is 39.7. The lowest BCUT2D eigenvalue weighted by Gasteiger charge is -2.13. The van der Waals surface area contributed by atoms with Crippen molar-refractivity contribution in [2.45, 2.75) is 206 Å². The van der Waals surface area contributed by atoms with E-state index in [4.69, 9.17) is 28.4 Å². The highest BCUT2D eigenvalue weighted by Gasteiger charge is 2.31. The van der Waals surface area contributed by atoms with Crippen LogP contribution < -0.4 is 18.9 Å². The van der Waals surface area contributed by atoms with Crippen LogP contribution in [-0.4, -0.2) is 50.3 Å². The molecule has 0 aliphatic heterocycles. The third-order valence-electron chi connectivity index (χ3n) is 13.0. The van der Waals surface area contributed by atoms with Crippen LogP contribution in [0.5, 0.6) is 23.0 Å². The molecule has 0 radical (unpaired) electrons. The first-order valence-electron chi connectivity index (χ1n) is 28.2. The fraction of sp³-hybridized carbons (Fsp3) is 0.581. The maximum Gasteiger partial charge on any atom is 0.343 e. The smallest absolute Gasteiger partial charge is 0.343 e. The molecule has 3 aromatic carbocycles. The largest absolute Gasteiger partial charge is 0.494 e. The Morgan fingerprint density at radius 3 is 0.776 bits per heavy atom. The molecular weight excluding hydrogens is 981 g/mol. The topological polar surface area (TPSA) is 124 Å². The molecule has 76 heavy (non-hydrogen) atoms. The van der Waals surface area contributed by atoms with E-state index in [2.05, 4.69) is 13.2 Å². The number of benzene rings is 3. The summed E-state index contributed by atoms with van der Waals surface area (Å²) in [6.45, 7) is 12.3. The number of halogens is 4. The zero-order valence-corrected chi connectivity index (χ0v) is 45.7. The summed E-state index contributed by atoms with van der Waals surface area (Å²) in [5.41, 5.74) is 0.581. The number of carbonyl (C=O) groups is 4. The molecule has 3 aromatic rings. The van der Waals surface area contributed by atoms with Gasteiger partial charge in [0.2, 0.25) is 34.8 Å². The van der Waals surface area contributed by atoms with Gasteiger partial charge in [-0.3, -0.25) is 0 Å². The number of hydrogen-bond acceptors (Lipinski definition) is 10. The molecule has 14 heteroatoms. The third kappa shape index (κ3) is 27.4. The summed E-state index contributed by atoms with van der Waals surface area (Å²) in [7, 11) is 0. The van der Waals surface area contributed by atoms with E-state index >= 15 is 17.6 Å². The van der Waals surface area contributed by atoms with Crippen LogP contribution in [0.15, 0.2) is 72.8 Å². The van der Waals surface area contributed by atoms with E-state index in [0.717, 1.165) is 64.2 Å². The molecule has 0 heterocycles. The van der Waals surface area contributed by atoms with E-state index in [1.165, 1.54) is 177 Å². The highest BCUT2D eigenvalue weighted by atomic mass is 19.2. The zero-order valence-electron chi connectivity index (χ0n) is 45.7. The molecule has 0 saturated carbocycles. The van der Waals surface area contributed by atoms with Crippen LogP contribution >= 0.6 is 0 Å². The molecule has 3 rings (SSSR count). The monoisotopic (exact) mass is 1070 g/mol. The molecule has 422 valence electrons. The van der Waals surface area contributed by atoms with Crippen molar-refractivity contribution in [3.63, 3.8) is 0 Å². The summed E-state index contributed by atoms with van der Waals surface area (Å²) < 4.78 is 91.5. The first kappa shape index (κ1) is 64.6. The first-order valence-corrected chi connectivity index (χ1v) is 28.2. The fourth-order valence-corrected chi connectivity index (χ4v) is 8.41. The quantitative estimate of drug-likeness (QED) is 0.0135. The van der Waals surface area contributed by atoms with Gasteiger partial charge in [0.1, 0.15) is 11.5 Å². The molecule has 0 amide bonds. The van der Waals surface area contributed by atoms with E-state index < -0.39 is 46.7 Å². The Morgan fingerprint density at radius 2 is 0.553 bits per heavy atom.